The highest BCUT2D eigenvalue weighted by Crippen LogP contribution is 2.24. The van der Waals surface area contributed by atoms with Crippen molar-refractivity contribution in [3.8, 4) is 0 Å². The van der Waals surface area contributed by atoms with E-state index in [0.717, 1.165) is 55.0 Å². The Balaban J connectivity index is 0.00000261. The number of aliphatic imine (C=N–C) groups is 1. The quantitative estimate of drug-likeness (QED) is 0.358. The van der Waals surface area contributed by atoms with Crippen molar-refractivity contribution < 1.29 is 0 Å². The smallest absolute Gasteiger partial charge is 0.193 e. The van der Waals surface area contributed by atoms with E-state index >= 15 is 0 Å². The average Bonchev–Trinajstić information content (AvgIpc) is 3.33. The molecular formula is C18H28ClIN6S. The van der Waals surface area contributed by atoms with Gasteiger partial charge in [0.25, 0.3) is 0 Å². The third-order valence-corrected chi connectivity index (χ3v) is 5.78. The Kier molecular flexibility index (Phi) is 8.68. The van der Waals surface area contributed by atoms with Crippen molar-refractivity contribution in [3.63, 3.8) is 0 Å². The molecule has 0 spiro atoms. The Morgan fingerprint density at radius 3 is 2.78 bits per heavy atom. The van der Waals surface area contributed by atoms with Gasteiger partial charge in [0.2, 0.25) is 0 Å². The van der Waals surface area contributed by atoms with E-state index in [1.807, 2.05) is 38.0 Å². The number of aromatic nitrogens is 2. The fraction of sp³-hybridized carbons (Fsp3) is 0.556. The zero-order chi connectivity index (χ0) is 18.5. The lowest BCUT2D eigenvalue weighted by Gasteiger charge is -2.22. The maximum atomic E-state index is 6.07. The first-order valence-corrected chi connectivity index (χ1v) is 10.2. The third kappa shape index (κ3) is 5.99. The van der Waals surface area contributed by atoms with E-state index < -0.39 is 0 Å². The summed E-state index contributed by atoms with van der Waals surface area (Å²) < 4.78 is 2.04. The van der Waals surface area contributed by atoms with Crippen molar-refractivity contribution in [1.29, 1.82) is 0 Å². The maximum absolute atomic E-state index is 6.07. The Morgan fingerprint density at radius 1 is 1.41 bits per heavy atom. The zero-order valence-corrected chi connectivity index (χ0v) is 20.0. The Hall–Kier alpha value is -1.000. The van der Waals surface area contributed by atoms with E-state index in [2.05, 4.69) is 25.5 Å². The number of nitrogens with zero attached hydrogens (tertiary/aromatic N) is 5. The third-order valence-electron chi connectivity index (χ3n) is 4.63. The lowest BCUT2D eigenvalue weighted by atomic mass is 10.3. The minimum atomic E-state index is 0. The van der Waals surface area contributed by atoms with Crippen LogP contribution < -0.4 is 10.2 Å². The van der Waals surface area contributed by atoms with Gasteiger partial charge in [0.15, 0.2) is 11.1 Å². The molecule has 0 amide bonds. The van der Waals surface area contributed by atoms with E-state index in [1.54, 1.807) is 11.3 Å². The van der Waals surface area contributed by atoms with E-state index in [0.29, 0.717) is 0 Å². The van der Waals surface area contributed by atoms with E-state index in [9.17, 15) is 0 Å². The molecule has 2 aromatic rings. The number of anilines is 1. The van der Waals surface area contributed by atoms with Crippen molar-refractivity contribution >= 4 is 58.0 Å². The van der Waals surface area contributed by atoms with E-state index in [1.165, 1.54) is 18.0 Å². The minimum absolute atomic E-state index is 0. The molecule has 9 heteroatoms. The second kappa shape index (κ2) is 10.5. The molecule has 27 heavy (non-hydrogen) atoms. The van der Waals surface area contributed by atoms with Crippen LogP contribution in [0.4, 0.5) is 5.13 Å². The van der Waals surface area contributed by atoms with Crippen LogP contribution in [0.5, 0.6) is 0 Å². The van der Waals surface area contributed by atoms with Gasteiger partial charge in [-0.1, -0.05) is 11.6 Å². The summed E-state index contributed by atoms with van der Waals surface area (Å²) in [4.78, 5) is 13.6. The first-order valence-electron chi connectivity index (χ1n) is 8.98. The van der Waals surface area contributed by atoms with Gasteiger partial charge >= 0.3 is 0 Å². The molecule has 150 valence electrons. The summed E-state index contributed by atoms with van der Waals surface area (Å²) in [6.07, 6.45) is 5.38. The summed E-state index contributed by atoms with van der Waals surface area (Å²) >= 11 is 7.82. The van der Waals surface area contributed by atoms with E-state index in [-0.39, 0.29) is 24.0 Å². The molecule has 3 rings (SSSR count). The SMILES string of the molecule is CN=C(NCCc1csc(N2CCCC2)n1)N(C)Cc1cc(Cl)cn1C.I. The molecule has 2 aromatic heterocycles. The second-order valence-electron chi connectivity index (χ2n) is 6.66. The topological polar surface area (TPSA) is 48.7 Å². The molecule has 1 aliphatic heterocycles. The van der Waals surface area contributed by atoms with Gasteiger partial charge in [-0.3, -0.25) is 4.99 Å². The van der Waals surface area contributed by atoms with Crippen LogP contribution in [0.2, 0.25) is 5.02 Å². The number of hydrogen-bond acceptors (Lipinski definition) is 4. The van der Waals surface area contributed by atoms with Gasteiger partial charge in [0, 0.05) is 64.5 Å². The lowest BCUT2D eigenvalue weighted by Crippen LogP contribution is -2.39. The first kappa shape index (κ1) is 22.3. The van der Waals surface area contributed by atoms with Gasteiger partial charge in [-0.05, 0) is 18.9 Å². The van der Waals surface area contributed by atoms with Gasteiger partial charge in [0.1, 0.15) is 0 Å². The van der Waals surface area contributed by atoms with Crippen molar-refractivity contribution in [1.82, 2.24) is 19.8 Å². The number of thiazole rings is 1. The number of guanidine groups is 1. The number of halogens is 2. The molecular weight excluding hydrogens is 495 g/mol. The van der Waals surface area contributed by atoms with Crippen LogP contribution in [0, 0.1) is 0 Å². The maximum Gasteiger partial charge on any atom is 0.193 e. The highest BCUT2D eigenvalue weighted by atomic mass is 127. The normalized spacial score (nSPS) is 14.4. The predicted molar refractivity (Wildman–Crippen MR) is 126 cm³/mol. The van der Waals surface area contributed by atoms with Gasteiger partial charge in [-0.25, -0.2) is 4.98 Å². The van der Waals surface area contributed by atoms with Crippen molar-refractivity contribution in [2.75, 3.05) is 38.6 Å². The Morgan fingerprint density at radius 2 is 2.15 bits per heavy atom. The molecule has 0 atom stereocenters. The summed E-state index contributed by atoms with van der Waals surface area (Å²) in [6.45, 7) is 3.85. The molecule has 6 nitrogen and oxygen atoms in total. The molecule has 3 heterocycles. The van der Waals surface area contributed by atoms with Crippen molar-refractivity contribution in [2.24, 2.45) is 12.0 Å². The van der Waals surface area contributed by atoms with Gasteiger partial charge < -0.3 is 19.7 Å². The molecule has 0 radical (unpaired) electrons. The molecule has 0 saturated carbocycles. The summed E-state index contributed by atoms with van der Waals surface area (Å²) in [5, 5.41) is 7.53. The first-order chi connectivity index (χ1) is 12.6. The molecule has 1 saturated heterocycles. The molecule has 1 N–H and O–H groups in total. The minimum Gasteiger partial charge on any atom is -0.356 e. The van der Waals surface area contributed by atoms with Gasteiger partial charge in [-0.15, -0.1) is 35.3 Å². The second-order valence-corrected chi connectivity index (χ2v) is 7.93. The number of hydrogen-bond donors (Lipinski definition) is 1. The molecule has 0 aromatic carbocycles. The number of aryl methyl sites for hydroxylation is 1. The van der Waals surface area contributed by atoms with Crippen LogP contribution in [0.15, 0.2) is 22.6 Å². The van der Waals surface area contributed by atoms with Crippen molar-refractivity contribution in [2.45, 2.75) is 25.8 Å². The predicted octanol–water partition coefficient (Wildman–Crippen LogP) is 3.60. The summed E-state index contributed by atoms with van der Waals surface area (Å²) in [7, 11) is 5.85. The zero-order valence-electron chi connectivity index (χ0n) is 16.1. The van der Waals surface area contributed by atoms with Crippen LogP contribution in [0.25, 0.3) is 0 Å². The molecule has 0 bridgehead atoms. The fourth-order valence-corrected chi connectivity index (χ4v) is 4.38. The van der Waals surface area contributed by atoms with Gasteiger partial charge in [0.05, 0.1) is 17.3 Å². The number of rotatable bonds is 6. The van der Waals surface area contributed by atoms with Gasteiger partial charge in [-0.2, -0.15) is 0 Å². The van der Waals surface area contributed by atoms with E-state index in [4.69, 9.17) is 16.6 Å². The van der Waals surface area contributed by atoms with Crippen LogP contribution in [0.1, 0.15) is 24.2 Å². The Bertz CT molecular complexity index is 753. The average molecular weight is 523 g/mol. The van der Waals surface area contributed by atoms with Crippen molar-refractivity contribution in [3.05, 3.63) is 34.1 Å². The highest BCUT2D eigenvalue weighted by Gasteiger charge is 2.15. The highest BCUT2D eigenvalue weighted by molar-refractivity contribution is 14.0. The lowest BCUT2D eigenvalue weighted by molar-refractivity contribution is 0.462. The largest absolute Gasteiger partial charge is 0.356 e. The fourth-order valence-electron chi connectivity index (χ4n) is 3.19. The molecule has 1 aliphatic rings. The van der Waals surface area contributed by atoms with Crippen LogP contribution in [0.3, 0.4) is 0 Å². The number of nitrogens with one attached hydrogen (secondary N) is 1. The Labute approximate surface area is 187 Å². The summed E-state index contributed by atoms with van der Waals surface area (Å²) in [5.74, 6) is 0.873. The standard InChI is InChI=1S/C18H27ClN6S.HI/c1-20-17(24(3)12-16-10-14(19)11-23(16)2)21-7-6-15-13-26-18(22-15)25-8-4-5-9-25;/h10-11,13H,4-9,12H2,1-3H3,(H,20,21);1H. The van der Waals surface area contributed by atoms with Crippen LogP contribution in [-0.2, 0) is 20.0 Å². The van der Waals surface area contributed by atoms with Crippen LogP contribution >= 0.6 is 46.9 Å². The molecule has 0 unspecified atom stereocenters. The summed E-state index contributed by atoms with van der Waals surface area (Å²) in [6, 6.07) is 1.99. The molecule has 0 aliphatic carbocycles. The monoisotopic (exact) mass is 522 g/mol. The van der Waals surface area contributed by atoms with Crippen LogP contribution in [-0.4, -0.2) is 54.1 Å². The molecule has 1 fully saturated rings. The summed E-state index contributed by atoms with van der Waals surface area (Å²) in [5.41, 5.74) is 2.30.